The van der Waals surface area contributed by atoms with E-state index in [9.17, 15) is 0 Å². The zero-order valence-electron chi connectivity index (χ0n) is 15.7. The molecule has 0 atom stereocenters. The van der Waals surface area contributed by atoms with Crippen molar-refractivity contribution in [3.63, 3.8) is 0 Å². The monoisotopic (exact) mass is 386 g/mol. The van der Waals surface area contributed by atoms with Gasteiger partial charge < -0.3 is 30.3 Å². The first-order chi connectivity index (χ1) is 13.8. The first kappa shape index (κ1) is 20.2. The molecule has 8 heteroatoms. The summed E-state index contributed by atoms with van der Waals surface area (Å²) in [5, 5.41) is 36.9. The SMILES string of the molecule is OCCOCCNc1nnc(NCCOCCO)c2cc3ccccc3cc12. The van der Waals surface area contributed by atoms with Crippen LogP contribution in [0.15, 0.2) is 36.4 Å². The highest BCUT2D eigenvalue weighted by Crippen LogP contribution is 2.30. The van der Waals surface area contributed by atoms with Gasteiger partial charge in [-0.1, -0.05) is 24.3 Å². The molecule has 0 amide bonds. The number of aliphatic hydroxyl groups is 2. The van der Waals surface area contributed by atoms with Gasteiger partial charge in [0.15, 0.2) is 11.6 Å². The van der Waals surface area contributed by atoms with Crippen LogP contribution >= 0.6 is 0 Å². The number of benzene rings is 2. The molecule has 8 nitrogen and oxygen atoms in total. The van der Waals surface area contributed by atoms with Crippen molar-refractivity contribution in [2.45, 2.75) is 0 Å². The topological polar surface area (TPSA) is 109 Å². The fourth-order valence-corrected chi connectivity index (χ4v) is 2.92. The summed E-state index contributed by atoms with van der Waals surface area (Å²) in [7, 11) is 0. The zero-order chi connectivity index (χ0) is 19.6. The summed E-state index contributed by atoms with van der Waals surface area (Å²) >= 11 is 0. The van der Waals surface area contributed by atoms with Crippen LogP contribution in [0.25, 0.3) is 21.5 Å². The summed E-state index contributed by atoms with van der Waals surface area (Å²) < 4.78 is 10.6. The van der Waals surface area contributed by atoms with Gasteiger partial charge in [0.1, 0.15) is 0 Å². The van der Waals surface area contributed by atoms with Gasteiger partial charge >= 0.3 is 0 Å². The molecule has 0 aliphatic carbocycles. The number of hydrogen-bond acceptors (Lipinski definition) is 8. The van der Waals surface area contributed by atoms with E-state index in [1.807, 2.05) is 12.1 Å². The van der Waals surface area contributed by atoms with Crippen molar-refractivity contribution < 1.29 is 19.7 Å². The average molecular weight is 386 g/mol. The number of aromatic nitrogens is 2. The smallest absolute Gasteiger partial charge is 0.156 e. The van der Waals surface area contributed by atoms with Crippen molar-refractivity contribution in [3.05, 3.63) is 36.4 Å². The van der Waals surface area contributed by atoms with Crippen LogP contribution in [0.5, 0.6) is 0 Å². The molecule has 2 aromatic carbocycles. The second-order valence-electron chi connectivity index (χ2n) is 6.17. The lowest BCUT2D eigenvalue weighted by Crippen LogP contribution is -2.15. The number of nitrogens with zero attached hydrogens (tertiary/aromatic N) is 2. The Morgan fingerprint density at radius 1 is 0.714 bits per heavy atom. The molecule has 150 valence electrons. The first-order valence-corrected chi connectivity index (χ1v) is 9.37. The highest BCUT2D eigenvalue weighted by Gasteiger charge is 2.10. The third-order valence-electron chi connectivity index (χ3n) is 4.20. The molecule has 28 heavy (non-hydrogen) atoms. The van der Waals surface area contributed by atoms with Gasteiger partial charge in [-0.2, -0.15) is 0 Å². The van der Waals surface area contributed by atoms with E-state index in [4.69, 9.17) is 19.7 Å². The lowest BCUT2D eigenvalue weighted by atomic mass is 10.0. The van der Waals surface area contributed by atoms with Gasteiger partial charge in [-0.05, 0) is 22.9 Å². The van der Waals surface area contributed by atoms with Crippen LogP contribution in [0.3, 0.4) is 0 Å². The van der Waals surface area contributed by atoms with E-state index < -0.39 is 0 Å². The van der Waals surface area contributed by atoms with E-state index >= 15 is 0 Å². The average Bonchev–Trinajstić information content (AvgIpc) is 2.73. The second-order valence-corrected chi connectivity index (χ2v) is 6.17. The van der Waals surface area contributed by atoms with E-state index in [2.05, 4.69) is 45.1 Å². The van der Waals surface area contributed by atoms with Crippen molar-refractivity contribution in [3.8, 4) is 0 Å². The third kappa shape index (κ3) is 5.26. The number of ether oxygens (including phenoxy) is 2. The maximum absolute atomic E-state index is 8.78. The maximum Gasteiger partial charge on any atom is 0.156 e. The van der Waals surface area contributed by atoms with Crippen LogP contribution in [0.1, 0.15) is 0 Å². The number of nitrogens with one attached hydrogen (secondary N) is 2. The Kier molecular flexibility index (Phi) is 7.74. The molecule has 0 radical (unpaired) electrons. The van der Waals surface area contributed by atoms with Crippen LogP contribution in [0.2, 0.25) is 0 Å². The number of rotatable bonds is 12. The van der Waals surface area contributed by atoms with Gasteiger partial charge in [0.25, 0.3) is 0 Å². The second kappa shape index (κ2) is 10.7. The molecular weight excluding hydrogens is 360 g/mol. The molecule has 0 saturated carbocycles. The van der Waals surface area contributed by atoms with Crippen molar-refractivity contribution in [2.24, 2.45) is 0 Å². The van der Waals surface area contributed by atoms with Crippen molar-refractivity contribution in [1.29, 1.82) is 0 Å². The van der Waals surface area contributed by atoms with E-state index in [-0.39, 0.29) is 13.2 Å². The lowest BCUT2D eigenvalue weighted by Gasteiger charge is -2.13. The van der Waals surface area contributed by atoms with Crippen LogP contribution in [0, 0.1) is 0 Å². The highest BCUT2D eigenvalue weighted by atomic mass is 16.5. The maximum atomic E-state index is 8.78. The molecule has 0 aliphatic heterocycles. The Hall–Kier alpha value is -2.52. The zero-order valence-corrected chi connectivity index (χ0v) is 15.7. The minimum Gasteiger partial charge on any atom is -0.394 e. The molecule has 0 spiro atoms. The Morgan fingerprint density at radius 3 is 1.61 bits per heavy atom. The quantitative estimate of drug-likeness (QED) is 0.275. The minimum absolute atomic E-state index is 0.0110. The van der Waals surface area contributed by atoms with Gasteiger partial charge in [0.05, 0.1) is 39.6 Å². The third-order valence-corrected chi connectivity index (χ3v) is 4.20. The summed E-state index contributed by atoms with van der Waals surface area (Å²) in [6.07, 6.45) is 0. The van der Waals surface area contributed by atoms with E-state index in [0.717, 1.165) is 21.5 Å². The van der Waals surface area contributed by atoms with E-state index in [1.54, 1.807) is 0 Å². The fraction of sp³-hybridized carbons (Fsp3) is 0.400. The van der Waals surface area contributed by atoms with Crippen LogP contribution < -0.4 is 10.6 Å². The summed E-state index contributed by atoms with van der Waals surface area (Å²) in [6, 6.07) is 12.4. The largest absolute Gasteiger partial charge is 0.394 e. The fourth-order valence-electron chi connectivity index (χ4n) is 2.92. The minimum atomic E-state index is 0.0110. The number of aliphatic hydroxyl groups excluding tert-OH is 2. The van der Waals surface area contributed by atoms with Gasteiger partial charge in [-0.25, -0.2) is 0 Å². The van der Waals surface area contributed by atoms with Gasteiger partial charge in [0.2, 0.25) is 0 Å². The molecule has 3 rings (SSSR count). The molecule has 0 saturated heterocycles. The molecule has 0 bridgehead atoms. The van der Waals surface area contributed by atoms with Crippen LogP contribution in [-0.2, 0) is 9.47 Å². The molecular formula is C20H26N4O4. The van der Waals surface area contributed by atoms with Gasteiger partial charge in [0, 0.05) is 23.9 Å². The molecule has 0 aliphatic rings. The Morgan fingerprint density at radius 2 is 1.18 bits per heavy atom. The first-order valence-electron chi connectivity index (χ1n) is 9.37. The molecule has 4 N–H and O–H groups in total. The Labute approximate surface area is 163 Å². The predicted molar refractivity (Wildman–Crippen MR) is 110 cm³/mol. The Bertz CT molecular complexity index is 819. The van der Waals surface area contributed by atoms with E-state index in [1.165, 1.54) is 0 Å². The summed E-state index contributed by atoms with van der Waals surface area (Å²) in [4.78, 5) is 0. The van der Waals surface area contributed by atoms with Crippen LogP contribution in [0.4, 0.5) is 11.6 Å². The Balaban J connectivity index is 1.83. The van der Waals surface area contributed by atoms with Gasteiger partial charge in [-0.15, -0.1) is 10.2 Å². The lowest BCUT2D eigenvalue weighted by molar-refractivity contribution is 0.0991. The number of anilines is 2. The van der Waals surface area contributed by atoms with Crippen molar-refractivity contribution >= 4 is 33.2 Å². The molecule has 3 aromatic rings. The number of hydrogen-bond donors (Lipinski definition) is 4. The predicted octanol–water partition coefficient (Wildman–Crippen LogP) is 1.62. The summed E-state index contributed by atoms with van der Waals surface area (Å²) in [5.74, 6) is 1.38. The van der Waals surface area contributed by atoms with Crippen molar-refractivity contribution in [1.82, 2.24) is 10.2 Å². The molecule has 0 unspecified atom stereocenters. The summed E-state index contributed by atoms with van der Waals surface area (Å²) in [6.45, 7) is 2.74. The van der Waals surface area contributed by atoms with Crippen LogP contribution in [-0.4, -0.2) is 73.1 Å². The number of fused-ring (bicyclic) bond motifs is 2. The molecule has 0 fully saturated rings. The molecule has 1 heterocycles. The standard InChI is InChI=1S/C20H26N4O4/c25-7-11-27-9-5-21-19-17-13-15-3-1-2-4-16(15)14-18(17)20(24-23-19)22-6-10-28-12-8-26/h1-4,13-14,25-26H,5-12H2,(H,21,23)(H,22,24). The highest BCUT2D eigenvalue weighted by molar-refractivity contribution is 6.06. The van der Waals surface area contributed by atoms with Gasteiger partial charge in [-0.3, -0.25) is 0 Å². The molecule has 1 aromatic heterocycles. The van der Waals surface area contributed by atoms with Crippen molar-refractivity contribution in [2.75, 3.05) is 63.4 Å². The van der Waals surface area contributed by atoms with E-state index in [0.29, 0.717) is 51.2 Å². The normalized spacial score (nSPS) is 11.2. The summed E-state index contributed by atoms with van der Waals surface area (Å²) in [5.41, 5.74) is 0.